The van der Waals surface area contributed by atoms with Gasteiger partial charge in [-0.15, -0.1) is 0 Å². The zero-order chi connectivity index (χ0) is 13.8. The van der Waals surface area contributed by atoms with E-state index in [1.54, 1.807) is 0 Å². The molecule has 1 fully saturated rings. The van der Waals surface area contributed by atoms with Crippen LogP contribution in [0.1, 0.15) is 57.6 Å². The molecule has 19 heavy (non-hydrogen) atoms. The first-order chi connectivity index (χ1) is 9.13. The summed E-state index contributed by atoms with van der Waals surface area (Å²) in [6.45, 7) is 5.35. The molecule has 1 aromatic rings. The van der Waals surface area contributed by atoms with E-state index in [0.717, 1.165) is 6.54 Å². The molecule has 1 unspecified atom stereocenters. The molecular formula is C16H25BrN2. The molecule has 0 amide bonds. The van der Waals surface area contributed by atoms with Gasteiger partial charge >= 0.3 is 0 Å². The first-order valence-corrected chi connectivity index (χ1v) is 8.24. The highest BCUT2D eigenvalue weighted by atomic mass is 79.9. The Morgan fingerprint density at radius 2 is 2.00 bits per heavy atom. The van der Waals surface area contributed by atoms with Crippen LogP contribution in [0, 0.1) is 0 Å². The summed E-state index contributed by atoms with van der Waals surface area (Å²) < 4.78 is 1.18. The maximum atomic E-state index is 5.95. The van der Waals surface area contributed by atoms with Gasteiger partial charge in [0.15, 0.2) is 0 Å². The van der Waals surface area contributed by atoms with Crippen LogP contribution in [0.3, 0.4) is 0 Å². The van der Waals surface area contributed by atoms with Crippen LogP contribution in [0.2, 0.25) is 0 Å². The highest BCUT2D eigenvalue weighted by Crippen LogP contribution is 2.33. The van der Waals surface area contributed by atoms with Gasteiger partial charge in [0.05, 0.1) is 5.69 Å². The number of nitrogens with two attached hydrogens (primary N) is 1. The lowest BCUT2D eigenvalue weighted by Crippen LogP contribution is -2.36. The first kappa shape index (κ1) is 14.9. The van der Waals surface area contributed by atoms with Crippen LogP contribution < -0.4 is 10.6 Å². The molecule has 1 aliphatic carbocycles. The maximum Gasteiger partial charge on any atom is 0.0513 e. The van der Waals surface area contributed by atoms with Crippen molar-refractivity contribution in [3.05, 3.63) is 28.2 Å². The average molecular weight is 325 g/mol. The molecule has 0 radical (unpaired) electrons. The molecule has 0 saturated heterocycles. The molecule has 1 atom stereocenters. The number of anilines is 1. The quantitative estimate of drug-likeness (QED) is 0.875. The summed E-state index contributed by atoms with van der Waals surface area (Å²) in [7, 11) is 0. The van der Waals surface area contributed by atoms with E-state index < -0.39 is 0 Å². The molecule has 0 bridgehead atoms. The highest BCUT2D eigenvalue weighted by molar-refractivity contribution is 9.10. The number of hydrogen-bond acceptors (Lipinski definition) is 2. The zero-order valence-corrected chi connectivity index (χ0v) is 13.6. The van der Waals surface area contributed by atoms with Crippen LogP contribution in [0.25, 0.3) is 0 Å². The molecule has 3 heteroatoms. The Bertz CT molecular complexity index is 411. The summed E-state index contributed by atoms with van der Waals surface area (Å²) in [5, 5.41) is 0. The van der Waals surface area contributed by atoms with Crippen molar-refractivity contribution in [3.8, 4) is 0 Å². The van der Waals surface area contributed by atoms with Crippen LogP contribution in [0.15, 0.2) is 22.7 Å². The van der Waals surface area contributed by atoms with Gasteiger partial charge in [-0.3, -0.25) is 0 Å². The maximum absolute atomic E-state index is 5.95. The van der Waals surface area contributed by atoms with E-state index in [-0.39, 0.29) is 6.04 Å². The van der Waals surface area contributed by atoms with Gasteiger partial charge in [-0.1, -0.05) is 25.3 Å². The third-order valence-corrected chi connectivity index (χ3v) is 4.80. The Kier molecular flexibility index (Phi) is 5.28. The molecule has 0 aromatic heterocycles. The van der Waals surface area contributed by atoms with Gasteiger partial charge in [0.25, 0.3) is 0 Å². The van der Waals surface area contributed by atoms with E-state index in [2.05, 4.69) is 46.0 Å². The Morgan fingerprint density at radius 1 is 1.32 bits per heavy atom. The summed E-state index contributed by atoms with van der Waals surface area (Å²) in [5.41, 5.74) is 8.46. The molecule has 2 rings (SSSR count). The van der Waals surface area contributed by atoms with Gasteiger partial charge in [0, 0.05) is 23.1 Å². The molecular weight excluding hydrogens is 300 g/mol. The minimum atomic E-state index is 0.0927. The van der Waals surface area contributed by atoms with Crippen LogP contribution in [-0.4, -0.2) is 12.6 Å². The molecule has 0 spiro atoms. The molecule has 2 nitrogen and oxygen atoms in total. The van der Waals surface area contributed by atoms with Crippen molar-refractivity contribution >= 4 is 21.6 Å². The molecule has 0 heterocycles. The monoisotopic (exact) mass is 324 g/mol. The Labute approximate surface area is 125 Å². The minimum Gasteiger partial charge on any atom is -0.368 e. The largest absolute Gasteiger partial charge is 0.368 e. The number of rotatable bonds is 4. The Hall–Kier alpha value is -0.540. The summed E-state index contributed by atoms with van der Waals surface area (Å²) in [6, 6.07) is 7.36. The fourth-order valence-corrected chi connectivity index (χ4v) is 3.68. The lowest BCUT2D eigenvalue weighted by atomic mass is 9.93. The minimum absolute atomic E-state index is 0.0927. The smallest absolute Gasteiger partial charge is 0.0513 e. The van der Waals surface area contributed by atoms with E-state index in [4.69, 9.17) is 5.73 Å². The summed E-state index contributed by atoms with van der Waals surface area (Å²) >= 11 is 3.73. The SMILES string of the molecule is CCN(c1ccc(C(C)N)cc1Br)C1CCCCC1. The standard InChI is InChI=1S/C16H25BrN2/c1-3-19(14-7-5-4-6-8-14)16-10-9-13(12(2)18)11-15(16)17/h9-12,14H,3-8,18H2,1-2H3. The third-order valence-electron chi connectivity index (χ3n) is 4.16. The van der Waals surface area contributed by atoms with Crippen LogP contribution in [0.4, 0.5) is 5.69 Å². The second-order valence-corrected chi connectivity index (χ2v) is 6.43. The lowest BCUT2D eigenvalue weighted by Gasteiger charge is -2.36. The molecule has 1 aliphatic rings. The number of hydrogen-bond donors (Lipinski definition) is 1. The van der Waals surface area contributed by atoms with Crippen molar-refractivity contribution in [3.63, 3.8) is 0 Å². The second kappa shape index (κ2) is 6.76. The van der Waals surface area contributed by atoms with Gasteiger partial charge in [0.1, 0.15) is 0 Å². The molecule has 0 aliphatic heterocycles. The van der Waals surface area contributed by atoms with Crippen LogP contribution in [0.5, 0.6) is 0 Å². The lowest BCUT2D eigenvalue weighted by molar-refractivity contribution is 0.418. The predicted molar refractivity (Wildman–Crippen MR) is 86.6 cm³/mol. The van der Waals surface area contributed by atoms with E-state index in [9.17, 15) is 0 Å². The van der Waals surface area contributed by atoms with E-state index in [0.29, 0.717) is 6.04 Å². The molecule has 1 saturated carbocycles. The van der Waals surface area contributed by atoms with E-state index in [1.165, 1.54) is 47.8 Å². The van der Waals surface area contributed by atoms with Crippen molar-refractivity contribution in [1.82, 2.24) is 0 Å². The summed E-state index contributed by atoms with van der Waals surface area (Å²) in [5.74, 6) is 0. The van der Waals surface area contributed by atoms with Crippen molar-refractivity contribution in [1.29, 1.82) is 0 Å². The van der Waals surface area contributed by atoms with Crippen LogP contribution in [-0.2, 0) is 0 Å². The van der Waals surface area contributed by atoms with Crippen molar-refractivity contribution in [2.45, 2.75) is 58.0 Å². The topological polar surface area (TPSA) is 29.3 Å². The zero-order valence-electron chi connectivity index (χ0n) is 12.0. The van der Waals surface area contributed by atoms with Crippen molar-refractivity contribution in [2.75, 3.05) is 11.4 Å². The van der Waals surface area contributed by atoms with Gasteiger partial charge in [-0.05, 0) is 60.3 Å². The van der Waals surface area contributed by atoms with Gasteiger partial charge in [-0.2, -0.15) is 0 Å². The van der Waals surface area contributed by atoms with Gasteiger partial charge in [-0.25, -0.2) is 0 Å². The second-order valence-electron chi connectivity index (χ2n) is 5.58. The Balaban J connectivity index is 2.22. The molecule has 106 valence electrons. The number of nitrogens with zero attached hydrogens (tertiary/aromatic N) is 1. The average Bonchev–Trinajstić information content (AvgIpc) is 2.42. The number of benzene rings is 1. The third kappa shape index (κ3) is 3.51. The summed E-state index contributed by atoms with van der Waals surface area (Å²) in [6.07, 6.45) is 6.80. The van der Waals surface area contributed by atoms with Gasteiger partial charge < -0.3 is 10.6 Å². The molecule has 2 N–H and O–H groups in total. The predicted octanol–water partition coefficient (Wildman–Crippen LogP) is 4.63. The number of halogens is 1. The fourth-order valence-electron chi connectivity index (χ4n) is 3.06. The van der Waals surface area contributed by atoms with E-state index >= 15 is 0 Å². The molecule has 1 aromatic carbocycles. The van der Waals surface area contributed by atoms with Crippen molar-refractivity contribution < 1.29 is 0 Å². The van der Waals surface area contributed by atoms with Crippen molar-refractivity contribution in [2.24, 2.45) is 5.73 Å². The van der Waals surface area contributed by atoms with E-state index in [1.807, 2.05) is 6.92 Å². The first-order valence-electron chi connectivity index (χ1n) is 7.45. The van der Waals surface area contributed by atoms with Crippen LogP contribution >= 0.6 is 15.9 Å². The normalized spacial score (nSPS) is 18.3. The van der Waals surface area contributed by atoms with Gasteiger partial charge in [0.2, 0.25) is 0 Å². The fraction of sp³-hybridized carbons (Fsp3) is 0.625. The highest BCUT2D eigenvalue weighted by Gasteiger charge is 2.21. The Morgan fingerprint density at radius 3 is 2.53 bits per heavy atom. The summed E-state index contributed by atoms with van der Waals surface area (Å²) in [4.78, 5) is 2.55.